The molecule has 0 radical (unpaired) electrons. The molecule has 1 aliphatic heterocycles. The second kappa shape index (κ2) is 7.09. The first-order valence-corrected chi connectivity index (χ1v) is 8.14. The van der Waals surface area contributed by atoms with Gasteiger partial charge in [-0.1, -0.05) is 6.92 Å². The Morgan fingerprint density at radius 2 is 2.25 bits per heavy atom. The number of hydrogen-bond acceptors (Lipinski definition) is 5. The third-order valence-electron chi connectivity index (χ3n) is 4.40. The Bertz CT molecular complexity index is 777. The van der Waals surface area contributed by atoms with E-state index in [2.05, 4.69) is 21.8 Å². The number of hydrogen-bond donors (Lipinski definition) is 0. The van der Waals surface area contributed by atoms with E-state index >= 15 is 0 Å². The summed E-state index contributed by atoms with van der Waals surface area (Å²) in [4.78, 5) is 22.8. The van der Waals surface area contributed by atoms with Gasteiger partial charge in [0.25, 0.3) is 5.56 Å². The molecule has 3 rings (SSSR count). The Hall–Kier alpha value is -2.28. The monoisotopic (exact) mass is 332 g/mol. The third-order valence-corrected chi connectivity index (χ3v) is 4.40. The minimum absolute atomic E-state index is 0.216. The molecule has 0 spiro atoms. The van der Waals surface area contributed by atoms with Crippen LogP contribution >= 0.6 is 0 Å². The van der Waals surface area contributed by atoms with Crippen LogP contribution in [0.4, 0.5) is 10.3 Å². The van der Waals surface area contributed by atoms with Crippen LogP contribution in [0.5, 0.6) is 0 Å². The van der Waals surface area contributed by atoms with E-state index in [-0.39, 0.29) is 17.2 Å². The molecule has 0 bridgehead atoms. The van der Waals surface area contributed by atoms with E-state index in [1.807, 2.05) is 0 Å². The zero-order valence-corrected chi connectivity index (χ0v) is 13.9. The average Bonchev–Trinajstić information content (AvgIpc) is 2.83. The van der Waals surface area contributed by atoms with Crippen LogP contribution in [-0.2, 0) is 11.8 Å². The number of halogens is 1. The molecule has 1 aliphatic rings. The number of rotatable bonds is 3. The van der Waals surface area contributed by atoms with Crippen LogP contribution in [0, 0.1) is 5.82 Å². The highest BCUT2D eigenvalue weighted by Crippen LogP contribution is 2.24. The fourth-order valence-corrected chi connectivity index (χ4v) is 3.02. The molecule has 1 unspecified atom stereocenters. The van der Waals surface area contributed by atoms with Crippen LogP contribution in [0.3, 0.4) is 0 Å². The highest BCUT2D eigenvalue weighted by molar-refractivity contribution is 5.60. The van der Waals surface area contributed by atoms with Crippen LogP contribution < -0.4 is 10.5 Å². The van der Waals surface area contributed by atoms with Crippen LogP contribution in [0.15, 0.2) is 29.3 Å². The van der Waals surface area contributed by atoms with E-state index in [1.165, 1.54) is 22.9 Å². The van der Waals surface area contributed by atoms with Crippen molar-refractivity contribution in [3.05, 3.63) is 40.7 Å². The maximum Gasteiger partial charge on any atom is 0.255 e. The second-order valence-electron chi connectivity index (χ2n) is 5.85. The van der Waals surface area contributed by atoms with E-state index in [4.69, 9.17) is 4.74 Å². The molecule has 0 N–H and O–H groups in total. The summed E-state index contributed by atoms with van der Waals surface area (Å²) >= 11 is 0. The summed E-state index contributed by atoms with van der Waals surface area (Å²) < 4.78 is 21.1. The standard InChI is InChI=1S/C17H21FN4O2/c1-3-12-5-8-24-9-7-22(12)17-20-15(10-16(23)21(17)2)13-4-6-19-11-14(13)18/h4,6,10-12H,3,5,7-9H2,1-2H3. The van der Waals surface area contributed by atoms with E-state index in [0.717, 1.165) is 19.0 Å². The molecule has 128 valence electrons. The third kappa shape index (κ3) is 3.17. The predicted molar refractivity (Wildman–Crippen MR) is 89.5 cm³/mol. The smallest absolute Gasteiger partial charge is 0.255 e. The summed E-state index contributed by atoms with van der Waals surface area (Å²) in [6, 6.07) is 3.13. The van der Waals surface area contributed by atoms with Crippen molar-refractivity contribution in [1.29, 1.82) is 0 Å². The summed E-state index contributed by atoms with van der Waals surface area (Å²) in [5, 5.41) is 0. The molecule has 2 aromatic heterocycles. The van der Waals surface area contributed by atoms with E-state index in [9.17, 15) is 9.18 Å². The lowest BCUT2D eigenvalue weighted by molar-refractivity contribution is 0.150. The molecule has 0 saturated carbocycles. The summed E-state index contributed by atoms with van der Waals surface area (Å²) in [6.07, 6.45) is 4.42. The topological polar surface area (TPSA) is 60.2 Å². The number of aromatic nitrogens is 3. The number of anilines is 1. The van der Waals surface area contributed by atoms with Crippen molar-refractivity contribution in [2.24, 2.45) is 7.05 Å². The van der Waals surface area contributed by atoms with Crippen LogP contribution in [0.25, 0.3) is 11.3 Å². The first-order chi connectivity index (χ1) is 11.6. The fraction of sp³-hybridized carbons (Fsp3) is 0.471. The lowest BCUT2D eigenvalue weighted by Gasteiger charge is -2.30. The molecule has 1 atom stereocenters. The SMILES string of the molecule is CCC1CCOCCN1c1nc(-c2ccncc2F)cc(=O)n1C. The molecule has 0 amide bonds. The molecule has 2 aromatic rings. The number of ether oxygens (including phenoxy) is 1. The molecule has 3 heterocycles. The van der Waals surface area contributed by atoms with Gasteiger partial charge in [-0.2, -0.15) is 0 Å². The predicted octanol–water partition coefficient (Wildman–Crippen LogP) is 1.99. The van der Waals surface area contributed by atoms with Crippen molar-refractivity contribution in [2.75, 3.05) is 24.7 Å². The van der Waals surface area contributed by atoms with Gasteiger partial charge >= 0.3 is 0 Å². The molecule has 6 nitrogen and oxygen atoms in total. The average molecular weight is 332 g/mol. The number of nitrogens with zero attached hydrogens (tertiary/aromatic N) is 4. The minimum atomic E-state index is -0.490. The largest absolute Gasteiger partial charge is 0.380 e. The van der Waals surface area contributed by atoms with Gasteiger partial charge in [-0.05, 0) is 18.9 Å². The lowest BCUT2D eigenvalue weighted by atomic mass is 10.1. The highest BCUT2D eigenvalue weighted by Gasteiger charge is 2.24. The van der Waals surface area contributed by atoms with Gasteiger partial charge in [0.2, 0.25) is 5.95 Å². The van der Waals surface area contributed by atoms with Crippen molar-refractivity contribution < 1.29 is 9.13 Å². The first-order valence-electron chi connectivity index (χ1n) is 8.14. The van der Waals surface area contributed by atoms with Gasteiger partial charge in [-0.3, -0.25) is 14.3 Å². The molecule has 1 saturated heterocycles. The zero-order chi connectivity index (χ0) is 17.1. The summed E-state index contributed by atoms with van der Waals surface area (Å²) in [5.41, 5.74) is 0.391. The summed E-state index contributed by atoms with van der Waals surface area (Å²) in [7, 11) is 1.69. The van der Waals surface area contributed by atoms with Crippen LogP contribution in [0.1, 0.15) is 19.8 Å². The molecule has 7 heteroatoms. The van der Waals surface area contributed by atoms with E-state index in [0.29, 0.717) is 31.4 Å². The molecule has 24 heavy (non-hydrogen) atoms. The maximum atomic E-state index is 14.0. The van der Waals surface area contributed by atoms with Gasteiger partial charge in [-0.25, -0.2) is 9.37 Å². The van der Waals surface area contributed by atoms with E-state index < -0.39 is 5.82 Å². The second-order valence-corrected chi connectivity index (χ2v) is 5.85. The fourth-order valence-electron chi connectivity index (χ4n) is 3.02. The van der Waals surface area contributed by atoms with Gasteiger partial charge in [0.1, 0.15) is 0 Å². The van der Waals surface area contributed by atoms with Crippen molar-refractivity contribution in [2.45, 2.75) is 25.8 Å². The van der Waals surface area contributed by atoms with Crippen molar-refractivity contribution >= 4 is 5.95 Å². The van der Waals surface area contributed by atoms with E-state index in [1.54, 1.807) is 7.05 Å². The van der Waals surface area contributed by atoms with Gasteiger partial charge < -0.3 is 9.64 Å². The maximum absolute atomic E-state index is 14.0. The zero-order valence-electron chi connectivity index (χ0n) is 13.9. The van der Waals surface area contributed by atoms with Crippen molar-refractivity contribution in [3.63, 3.8) is 0 Å². The molecule has 0 aromatic carbocycles. The summed E-state index contributed by atoms with van der Waals surface area (Å²) in [5.74, 6) is 0.0570. The van der Waals surface area contributed by atoms with Gasteiger partial charge in [-0.15, -0.1) is 0 Å². The Balaban J connectivity index is 2.10. The quantitative estimate of drug-likeness (QED) is 0.860. The normalized spacial score (nSPS) is 18.5. The van der Waals surface area contributed by atoms with Gasteiger partial charge in [0.05, 0.1) is 18.5 Å². The Labute approximate surface area is 139 Å². The number of pyridine rings is 1. The molecule has 1 fully saturated rings. The Kier molecular flexibility index (Phi) is 4.89. The summed E-state index contributed by atoms with van der Waals surface area (Å²) in [6.45, 7) is 4.04. The van der Waals surface area contributed by atoms with Gasteiger partial charge in [0.15, 0.2) is 5.82 Å². The Morgan fingerprint density at radius 1 is 1.42 bits per heavy atom. The Morgan fingerprint density at radius 3 is 3.00 bits per heavy atom. The molecular weight excluding hydrogens is 311 g/mol. The van der Waals surface area contributed by atoms with Crippen molar-refractivity contribution in [1.82, 2.24) is 14.5 Å². The molecular formula is C17H21FN4O2. The molecule has 0 aliphatic carbocycles. The highest BCUT2D eigenvalue weighted by atomic mass is 19.1. The van der Waals surface area contributed by atoms with Crippen molar-refractivity contribution in [3.8, 4) is 11.3 Å². The lowest BCUT2D eigenvalue weighted by Crippen LogP contribution is -2.40. The first kappa shape index (κ1) is 16.6. The van der Waals surface area contributed by atoms with Crippen LogP contribution in [0.2, 0.25) is 0 Å². The van der Waals surface area contributed by atoms with Crippen LogP contribution in [-0.4, -0.2) is 40.3 Å². The van der Waals surface area contributed by atoms with Gasteiger partial charge in [0, 0.05) is 44.1 Å². The minimum Gasteiger partial charge on any atom is -0.380 e.